The zero-order valence-corrected chi connectivity index (χ0v) is 10.9. The van der Waals surface area contributed by atoms with E-state index in [-0.39, 0.29) is 0 Å². The monoisotopic (exact) mass is 232 g/mol. The molecule has 3 nitrogen and oxygen atoms in total. The molecular formula is C14H20N2O. The van der Waals surface area contributed by atoms with E-state index in [1.54, 1.807) is 0 Å². The van der Waals surface area contributed by atoms with Crippen LogP contribution in [0.2, 0.25) is 0 Å². The van der Waals surface area contributed by atoms with Gasteiger partial charge >= 0.3 is 0 Å². The lowest BCUT2D eigenvalue weighted by Crippen LogP contribution is -2.27. The lowest BCUT2D eigenvalue weighted by molar-refractivity contribution is 0.222. The predicted octanol–water partition coefficient (Wildman–Crippen LogP) is 2.59. The molecule has 0 spiro atoms. The van der Waals surface area contributed by atoms with E-state index in [1.165, 1.54) is 0 Å². The van der Waals surface area contributed by atoms with Gasteiger partial charge in [-0.1, -0.05) is 13.8 Å². The molecule has 0 fully saturated rings. The van der Waals surface area contributed by atoms with Crippen LogP contribution in [0.4, 0.5) is 0 Å². The van der Waals surface area contributed by atoms with Crippen LogP contribution in [0, 0.1) is 18.3 Å². The smallest absolute Gasteiger partial charge is 0.119 e. The fraction of sp³-hybridized carbons (Fsp3) is 0.500. The van der Waals surface area contributed by atoms with Crippen LogP contribution in [0.25, 0.3) is 0 Å². The third-order valence-corrected chi connectivity index (χ3v) is 2.89. The minimum atomic E-state index is 0.688. The van der Waals surface area contributed by atoms with Crippen molar-refractivity contribution in [1.82, 2.24) is 4.90 Å². The average Bonchev–Trinajstić information content (AvgIpc) is 2.35. The first kappa shape index (κ1) is 13.5. The van der Waals surface area contributed by atoms with Crippen molar-refractivity contribution in [3.8, 4) is 11.8 Å². The average molecular weight is 232 g/mol. The predicted molar refractivity (Wildman–Crippen MR) is 69.2 cm³/mol. The van der Waals surface area contributed by atoms with Crippen molar-refractivity contribution in [2.75, 3.05) is 26.2 Å². The van der Waals surface area contributed by atoms with Gasteiger partial charge in [0.2, 0.25) is 0 Å². The minimum Gasteiger partial charge on any atom is -0.492 e. The van der Waals surface area contributed by atoms with E-state index in [1.807, 2.05) is 25.1 Å². The number of hydrogen-bond donors (Lipinski definition) is 0. The molecule has 0 bridgehead atoms. The maximum atomic E-state index is 8.82. The van der Waals surface area contributed by atoms with E-state index in [4.69, 9.17) is 10.00 Å². The molecule has 3 heteroatoms. The third kappa shape index (κ3) is 4.08. The molecule has 0 heterocycles. The topological polar surface area (TPSA) is 36.3 Å². The van der Waals surface area contributed by atoms with Gasteiger partial charge in [-0.2, -0.15) is 5.26 Å². The molecular weight excluding hydrogens is 212 g/mol. The summed E-state index contributed by atoms with van der Waals surface area (Å²) >= 11 is 0. The summed E-state index contributed by atoms with van der Waals surface area (Å²) in [6.45, 7) is 9.94. The van der Waals surface area contributed by atoms with Gasteiger partial charge < -0.3 is 9.64 Å². The Morgan fingerprint density at radius 2 is 2.00 bits per heavy atom. The molecule has 1 aromatic rings. The molecule has 0 amide bonds. The summed E-state index contributed by atoms with van der Waals surface area (Å²) in [6, 6.07) is 7.73. The van der Waals surface area contributed by atoms with Crippen LogP contribution in [-0.4, -0.2) is 31.1 Å². The zero-order valence-electron chi connectivity index (χ0n) is 10.9. The maximum absolute atomic E-state index is 8.82. The second-order valence-electron chi connectivity index (χ2n) is 3.96. The van der Waals surface area contributed by atoms with Crippen molar-refractivity contribution in [2.45, 2.75) is 20.8 Å². The maximum Gasteiger partial charge on any atom is 0.119 e. The molecule has 0 saturated carbocycles. The Hall–Kier alpha value is -1.53. The lowest BCUT2D eigenvalue weighted by Gasteiger charge is -2.18. The van der Waals surface area contributed by atoms with E-state index in [0.717, 1.165) is 30.9 Å². The Morgan fingerprint density at radius 3 is 2.53 bits per heavy atom. The number of aryl methyl sites for hydroxylation is 1. The molecule has 0 aliphatic heterocycles. The van der Waals surface area contributed by atoms with Gasteiger partial charge in [0, 0.05) is 6.54 Å². The fourth-order valence-corrected chi connectivity index (χ4v) is 1.68. The molecule has 0 atom stereocenters. The van der Waals surface area contributed by atoms with Crippen LogP contribution in [0.15, 0.2) is 18.2 Å². The van der Waals surface area contributed by atoms with E-state index in [0.29, 0.717) is 12.2 Å². The van der Waals surface area contributed by atoms with E-state index in [2.05, 4.69) is 24.8 Å². The van der Waals surface area contributed by atoms with Gasteiger partial charge in [-0.15, -0.1) is 0 Å². The molecule has 0 aliphatic carbocycles. The van der Waals surface area contributed by atoms with Crippen LogP contribution in [0.5, 0.6) is 5.75 Å². The quantitative estimate of drug-likeness (QED) is 0.756. The molecule has 0 saturated heterocycles. The summed E-state index contributed by atoms with van der Waals surface area (Å²) in [5.41, 5.74) is 1.67. The summed E-state index contributed by atoms with van der Waals surface area (Å²) in [5.74, 6) is 0.841. The van der Waals surface area contributed by atoms with Gasteiger partial charge in [0.1, 0.15) is 12.4 Å². The van der Waals surface area contributed by atoms with Gasteiger partial charge in [0.15, 0.2) is 0 Å². The van der Waals surface area contributed by atoms with Crippen LogP contribution >= 0.6 is 0 Å². The number of benzene rings is 1. The first-order valence-electron chi connectivity index (χ1n) is 6.07. The van der Waals surface area contributed by atoms with Crippen LogP contribution in [-0.2, 0) is 0 Å². The van der Waals surface area contributed by atoms with Gasteiger partial charge in [0.05, 0.1) is 11.6 Å². The minimum absolute atomic E-state index is 0.688. The highest BCUT2D eigenvalue weighted by atomic mass is 16.5. The number of ether oxygens (including phenoxy) is 1. The number of hydrogen-bond acceptors (Lipinski definition) is 3. The first-order valence-corrected chi connectivity index (χ1v) is 6.07. The molecule has 0 radical (unpaired) electrons. The number of likely N-dealkylation sites (N-methyl/N-ethyl adjacent to an activating group) is 1. The highest BCUT2D eigenvalue weighted by Crippen LogP contribution is 2.16. The van der Waals surface area contributed by atoms with E-state index in [9.17, 15) is 0 Å². The Bertz CT molecular complexity index is 392. The highest BCUT2D eigenvalue weighted by Gasteiger charge is 2.02. The number of rotatable bonds is 6. The van der Waals surface area contributed by atoms with E-state index < -0.39 is 0 Å². The van der Waals surface area contributed by atoms with Gasteiger partial charge in [-0.05, 0) is 43.8 Å². The van der Waals surface area contributed by atoms with Gasteiger partial charge in [0.25, 0.3) is 0 Å². The third-order valence-electron chi connectivity index (χ3n) is 2.89. The Balaban J connectivity index is 2.48. The van der Waals surface area contributed by atoms with Crippen molar-refractivity contribution in [2.24, 2.45) is 0 Å². The van der Waals surface area contributed by atoms with Crippen molar-refractivity contribution < 1.29 is 4.74 Å². The molecule has 1 aromatic carbocycles. The molecule has 1 rings (SSSR count). The second-order valence-corrected chi connectivity index (χ2v) is 3.96. The summed E-state index contributed by atoms with van der Waals surface area (Å²) < 4.78 is 5.67. The number of nitrogens with zero attached hydrogens (tertiary/aromatic N) is 2. The zero-order chi connectivity index (χ0) is 12.7. The fourth-order valence-electron chi connectivity index (χ4n) is 1.68. The normalized spacial score (nSPS) is 10.3. The second kappa shape index (κ2) is 6.93. The summed E-state index contributed by atoms with van der Waals surface area (Å²) in [4.78, 5) is 2.32. The van der Waals surface area contributed by atoms with Gasteiger partial charge in [-0.25, -0.2) is 0 Å². The molecule has 0 aliphatic rings. The van der Waals surface area contributed by atoms with Crippen molar-refractivity contribution in [3.63, 3.8) is 0 Å². The highest BCUT2D eigenvalue weighted by molar-refractivity contribution is 5.41. The van der Waals surface area contributed by atoms with Crippen LogP contribution in [0.3, 0.4) is 0 Å². The molecule has 17 heavy (non-hydrogen) atoms. The lowest BCUT2D eigenvalue weighted by atomic mass is 10.1. The Labute approximate surface area is 104 Å². The summed E-state index contributed by atoms with van der Waals surface area (Å²) in [5, 5.41) is 8.82. The van der Waals surface area contributed by atoms with Crippen molar-refractivity contribution >= 4 is 0 Å². The molecule has 92 valence electrons. The Kier molecular flexibility index (Phi) is 5.51. The molecule has 0 N–H and O–H groups in total. The molecule has 0 aromatic heterocycles. The Morgan fingerprint density at radius 1 is 1.29 bits per heavy atom. The SMILES string of the molecule is CCN(CC)CCOc1ccc(C#N)c(C)c1. The van der Waals surface area contributed by atoms with Gasteiger partial charge in [-0.3, -0.25) is 0 Å². The standard InChI is InChI=1S/C14H20N2O/c1-4-16(5-2)8-9-17-14-7-6-13(11-15)12(3)10-14/h6-7,10H,4-5,8-9H2,1-3H3. The van der Waals surface area contributed by atoms with E-state index >= 15 is 0 Å². The summed E-state index contributed by atoms with van der Waals surface area (Å²) in [7, 11) is 0. The number of nitriles is 1. The first-order chi connectivity index (χ1) is 8.21. The largest absolute Gasteiger partial charge is 0.492 e. The van der Waals surface area contributed by atoms with Crippen molar-refractivity contribution in [1.29, 1.82) is 5.26 Å². The molecule has 0 unspecified atom stereocenters. The van der Waals surface area contributed by atoms with Crippen LogP contribution < -0.4 is 4.74 Å². The van der Waals surface area contributed by atoms with Crippen molar-refractivity contribution in [3.05, 3.63) is 29.3 Å². The summed E-state index contributed by atoms with van der Waals surface area (Å²) in [6.07, 6.45) is 0. The van der Waals surface area contributed by atoms with Crippen LogP contribution in [0.1, 0.15) is 25.0 Å².